The maximum atomic E-state index is 13.7. The summed E-state index contributed by atoms with van der Waals surface area (Å²) < 4.78 is 4.71. The Morgan fingerprint density at radius 3 is 1.18 bits per heavy atom. The lowest BCUT2D eigenvalue weighted by Gasteiger charge is -2.30. The van der Waals surface area contributed by atoms with Crippen LogP contribution in [0, 0.1) is 11.8 Å². The van der Waals surface area contributed by atoms with E-state index in [9.17, 15) is 19.2 Å². The van der Waals surface area contributed by atoms with E-state index in [0.717, 1.165) is 119 Å². The van der Waals surface area contributed by atoms with Gasteiger partial charge < -0.3 is 29.4 Å². The van der Waals surface area contributed by atoms with Gasteiger partial charge in [-0.1, -0.05) is 136 Å². The number of esters is 1. The number of ether oxygens (including phenoxy) is 1. The molecule has 2 aliphatic rings. The van der Waals surface area contributed by atoms with Crippen LogP contribution in [0.5, 0.6) is 0 Å². The minimum atomic E-state index is -0.994. The zero-order chi connectivity index (χ0) is 51.7. The first-order chi connectivity index (χ1) is 35.3. The van der Waals surface area contributed by atoms with E-state index < -0.39 is 11.9 Å². The van der Waals surface area contributed by atoms with Crippen molar-refractivity contribution in [2.24, 2.45) is 11.8 Å². The van der Waals surface area contributed by atoms with E-state index in [1.165, 1.54) is 31.7 Å². The predicted molar refractivity (Wildman–Crippen MR) is 299 cm³/mol. The van der Waals surface area contributed by atoms with E-state index in [1.54, 1.807) is 12.2 Å². The fourth-order valence-corrected chi connectivity index (χ4v) is 9.60. The first kappa shape index (κ1) is 53.1. The fourth-order valence-electron chi connectivity index (χ4n) is 9.60. The van der Waals surface area contributed by atoms with Crippen LogP contribution >= 0.6 is 0 Å². The highest BCUT2D eigenvalue weighted by Gasteiger charge is 2.29. The number of methoxy groups -OCH3 is 1. The molecule has 2 fully saturated rings. The van der Waals surface area contributed by atoms with Crippen molar-refractivity contribution in [3.8, 4) is 22.3 Å². The van der Waals surface area contributed by atoms with Gasteiger partial charge in [0, 0.05) is 74.9 Å². The van der Waals surface area contributed by atoms with Crippen LogP contribution in [0.15, 0.2) is 158 Å². The van der Waals surface area contributed by atoms with Crippen LogP contribution in [0.3, 0.4) is 0 Å². The topological polar surface area (TPSA) is 111 Å². The molecule has 8 rings (SSSR count). The highest BCUT2D eigenvalue weighted by Crippen LogP contribution is 2.33. The molecule has 73 heavy (non-hydrogen) atoms. The average molecular weight is 979 g/mol. The van der Waals surface area contributed by atoms with Crippen molar-refractivity contribution in [1.82, 2.24) is 0 Å². The summed E-state index contributed by atoms with van der Waals surface area (Å²) in [6, 6.07) is 49.2. The summed E-state index contributed by atoms with van der Waals surface area (Å²) in [6.45, 7) is 0.973. The number of hydrogen-bond acceptors (Lipinski definition) is 7. The number of carboxylic acids is 1. The molecule has 2 amide bonds. The second kappa shape index (κ2) is 26.1. The van der Waals surface area contributed by atoms with Crippen LogP contribution in [0.4, 0.5) is 22.7 Å². The molecule has 6 aromatic rings. The number of nitrogens with zero attached hydrogens (tertiary/aromatic N) is 4. The Balaban J connectivity index is 0.000000214. The summed E-state index contributed by atoms with van der Waals surface area (Å²) in [5, 5.41) is 9.00. The Morgan fingerprint density at radius 2 is 0.836 bits per heavy atom. The molecular formula is C63H70N4O6. The molecule has 0 heterocycles. The summed E-state index contributed by atoms with van der Waals surface area (Å²) in [5.74, 6) is -0.984. The van der Waals surface area contributed by atoms with E-state index in [-0.39, 0.29) is 23.7 Å². The zero-order valence-electron chi connectivity index (χ0n) is 43.1. The number of benzene rings is 6. The minimum absolute atomic E-state index is 0.0338. The van der Waals surface area contributed by atoms with Crippen molar-refractivity contribution in [2.75, 3.05) is 54.9 Å². The molecule has 0 atom stereocenters. The fraction of sp³-hybridized carbons (Fsp3) is 0.302. The van der Waals surface area contributed by atoms with Crippen LogP contribution in [-0.2, 0) is 37.0 Å². The van der Waals surface area contributed by atoms with Gasteiger partial charge in [-0.25, -0.2) is 9.59 Å². The van der Waals surface area contributed by atoms with Crippen molar-refractivity contribution >= 4 is 58.7 Å². The third-order valence-corrected chi connectivity index (χ3v) is 13.9. The van der Waals surface area contributed by atoms with Gasteiger partial charge in [-0.05, 0) is 131 Å². The molecule has 0 bridgehead atoms. The molecule has 10 nitrogen and oxygen atoms in total. The third kappa shape index (κ3) is 15.2. The largest absolute Gasteiger partial charge is 0.478 e. The van der Waals surface area contributed by atoms with Crippen LogP contribution in [0.1, 0.15) is 86.5 Å². The zero-order valence-corrected chi connectivity index (χ0v) is 43.1. The molecular weight excluding hydrogens is 909 g/mol. The lowest BCUT2D eigenvalue weighted by atomic mass is 9.88. The number of carbonyl (C=O) groups is 4. The Kier molecular flexibility index (Phi) is 19.0. The molecule has 378 valence electrons. The van der Waals surface area contributed by atoms with Gasteiger partial charge in [0.15, 0.2) is 0 Å². The molecule has 0 unspecified atom stereocenters. The van der Waals surface area contributed by atoms with Gasteiger partial charge in [0.25, 0.3) is 0 Å². The summed E-state index contributed by atoms with van der Waals surface area (Å²) in [5.41, 5.74) is 12.3. The number of amides is 2. The number of rotatable bonds is 16. The predicted octanol–water partition coefficient (Wildman–Crippen LogP) is 13.4. The molecule has 2 saturated carbocycles. The number of anilines is 4. The summed E-state index contributed by atoms with van der Waals surface area (Å²) in [4.78, 5) is 57.9. The van der Waals surface area contributed by atoms with Gasteiger partial charge in [-0.3, -0.25) is 9.59 Å². The van der Waals surface area contributed by atoms with Crippen molar-refractivity contribution < 1.29 is 29.0 Å². The van der Waals surface area contributed by atoms with E-state index in [1.807, 2.05) is 86.5 Å². The van der Waals surface area contributed by atoms with Gasteiger partial charge in [0.05, 0.1) is 20.2 Å². The highest BCUT2D eigenvalue weighted by molar-refractivity contribution is 5.96. The van der Waals surface area contributed by atoms with Crippen LogP contribution in [0.2, 0.25) is 0 Å². The molecule has 0 aliphatic heterocycles. The van der Waals surface area contributed by atoms with E-state index in [4.69, 9.17) is 9.84 Å². The third-order valence-electron chi connectivity index (χ3n) is 13.9. The van der Waals surface area contributed by atoms with Crippen molar-refractivity contribution in [1.29, 1.82) is 0 Å². The maximum Gasteiger partial charge on any atom is 0.330 e. The van der Waals surface area contributed by atoms with Crippen molar-refractivity contribution in [3.63, 3.8) is 0 Å². The van der Waals surface area contributed by atoms with E-state index in [2.05, 4.69) is 107 Å². The second-order valence-corrected chi connectivity index (χ2v) is 19.5. The van der Waals surface area contributed by atoms with E-state index in [0.29, 0.717) is 13.1 Å². The van der Waals surface area contributed by atoms with Crippen molar-refractivity contribution in [2.45, 2.75) is 77.3 Å². The van der Waals surface area contributed by atoms with Crippen LogP contribution in [0.25, 0.3) is 34.4 Å². The monoisotopic (exact) mass is 979 g/mol. The van der Waals surface area contributed by atoms with Gasteiger partial charge >= 0.3 is 11.9 Å². The number of hydrogen-bond donors (Lipinski definition) is 1. The molecule has 2 aliphatic carbocycles. The maximum absolute atomic E-state index is 13.7. The summed E-state index contributed by atoms with van der Waals surface area (Å²) >= 11 is 0. The minimum Gasteiger partial charge on any atom is -0.478 e. The Hall–Kier alpha value is -7.72. The lowest BCUT2D eigenvalue weighted by Crippen LogP contribution is -2.36. The Bertz CT molecular complexity index is 2820. The first-order valence-corrected chi connectivity index (χ1v) is 25.6. The molecule has 0 aromatic heterocycles. The molecule has 10 heteroatoms. The standard InChI is InChI=1S/C32H36N2O3.C31H34N2O3/c1-33(2)29-19-17-27(18-20-29)26-15-12-25(13-16-26)23-34(32(36)28-9-5-4-6-10-28)30-11-7-8-24(22-30)14-21-31(35)37-3;1-32(2)28-18-16-26(17-19-28)25-14-11-24(12-15-25)22-33(31(36)27-8-4-3-5-9-27)29-10-6-7-23(21-29)13-20-30(34)35/h7-8,11-22,28H,4-6,9-10,23H2,1-3H3;6-7,10-21,27H,3-5,8-9,22H2,1-2H3,(H,34,35)/b21-14+;20-13+. The molecule has 6 aromatic carbocycles. The van der Waals surface area contributed by atoms with Crippen molar-refractivity contribution in [3.05, 3.63) is 180 Å². The van der Waals surface area contributed by atoms with E-state index >= 15 is 0 Å². The van der Waals surface area contributed by atoms with Crippen LogP contribution < -0.4 is 19.6 Å². The second-order valence-electron chi connectivity index (χ2n) is 19.5. The lowest BCUT2D eigenvalue weighted by molar-refractivity contribution is -0.135. The number of carbonyl (C=O) groups excluding carboxylic acids is 3. The average Bonchev–Trinajstić information content (AvgIpc) is 3.43. The molecule has 0 spiro atoms. The molecule has 0 saturated heterocycles. The summed E-state index contributed by atoms with van der Waals surface area (Å²) in [7, 11) is 9.49. The van der Waals surface area contributed by atoms with Gasteiger partial charge in [-0.2, -0.15) is 0 Å². The van der Waals surface area contributed by atoms with Gasteiger partial charge in [0.2, 0.25) is 11.8 Å². The van der Waals surface area contributed by atoms with Gasteiger partial charge in [0.1, 0.15) is 0 Å². The van der Waals surface area contributed by atoms with Gasteiger partial charge in [-0.15, -0.1) is 0 Å². The number of carboxylic acid groups (broad SMARTS) is 1. The molecule has 1 N–H and O–H groups in total. The SMILES string of the molecule is CN(C)c1ccc(-c2ccc(CN(C(=O)C3CCCCC3)c3cccc(/C=C/C(=O)O)c3)cc2)cc1.COC(=O)/C=C/c1cccc(N(Cc2ccc(-c3ccc(N(C)C)cc3)cc2)C(=O)C2CCCCC2)c1. The highest BCUT2D eigenvalue weighted by atomic mass is 16.5. The summed E-state index contributed by atoms with van der Waals surface area (Å²) in [6.07, 6.45) is 16.3. The quantitative estimate of drug-likeness (QED) is 0.0754. The Labute approximate surface area is 432 Å². The molecule has 0 radical (unpaired) electrons. The smallest absolute Gasteiger partial charge is 0.330 e. The van der Waals surface area contributed by atoms with Crippen LogP contribution in [-0.4, -0.2) is 64.2 Å². The first-order valence-electron chi connectivity index (χ1n) is 25.6. The Morgan fingerprint density at radius 1 is 0.479 bits per heavy atom. The number of aliphatic carboxylic acids is 1. The normalized spacial score (nSPS) is 14.0.